The molecule has 2 aromatic rings. The van der Waals surface area contributed by atoms with Crippen molar-refractivity contribution in [3.05, 3.63) is 58.0 Å². The van der Waals surface area contributed by atoms with Gasteiger partial charge in [-0.2, -0.15) is 0 Å². The minimum Gasteiger partial charge on any atom is -0.493 e. The first-order chi connectivity index (χ1) is 17.5. The van der Waals surface area contributed by atoms with Crippen LogP contribution in [0.5, 0.6) is 17.2 Å². The molecular formula is C25H25ClN2O7S. The van der Waals surface area contributed by atoms with Crippen molar-refractivity contribution in [3.63, 3.8) is 0 Å². The molecule has 0 atom stereocenters. The lowest BCUT2D eigenvalue weighted by atomic mass is 10.2. The predicted molar refractivity (Wildman–Crippen MR) is 136 cm³/mol. The highest BCUT2D eigenvalue weighted by Gasteiger charge is 2.35. The van der Waals surface area contributed by atoms with E-state index in [0.29, 0.717) is 54.1 Å². The maximum absolute atomic E-state index is 12.8. The van der Waals surface area contributed by atoms with Gasteiger partial charge in [0.1, 0.15) is 12.4 Å². The second-order valence-corrected chi connectivity index (χ2v) is 9.20. The van der Waals surface area contributed by atoms with Gasteiger partial charge in [0.25, 0.3) is 17.1 Å². The molecule has 4 rings (SSSR count). The van der Waals surface area contributed by atoms with Gasteiger partial charge in [-0.1, -0.05) is 29.8 Å². The molecule has 0 N–H and O–H groups in total. The summed E-state index contributed by atoms with van der Waals surface area (Å²) >= 11 is 6.93. The van der Waals surface area contributed by atoms with E-state index in [9.17, 15) is 14.4 Å². The Kier molecular flexibility index (Phi) is 8.74. The number of benzene rings is 2. The third kappa shape index (κ3) is 6.31. The van der Waals surface area contributed by atoms with Crippen LogP contribution in [0.25, 0.3) is 6.08 Å². The van der Waals surface area contributed by atoms with Crippen molar-refractivity contribution in [2.45, 2.75) is 0 Å². The summed E-state index contributed by atoms with van der Waals surface area (Å²) in [6, 6.07) is 12.1. The van der Waals surface area contributed by atoms with Gasteiger partial charge in [-0.05, 0) is 47.7 Å². The molecular weight excluding hydrogens is 508 g/mol. The van der Waals surface area contributed by atoms with Crippen molar-refractivity contribution >= 4 is 46.5 Å². The Balaban J connectivity index is 1.36. The van der Waals surface area contributed by atoms with Crippen molar-refractivity contribution in [1.29, 1.82) is 0 Å². The Morgan fingerprint density at radius 1 is 1.08 bits per heavy atom. The number of nitrogens with zero attached hydrogens (tertiary/aromatic N) is 2. The van der Waals surface area contributed by atoms with Crippen LogP contribution in [-0.2, 0) is 14.3 Å². The fraction of sp³-hybridized carbons (Fsp3) is 0.320. The molecule has 190 valence electrons. The molecule has 36 heavy (non-hydrogen) atoms. The predicted octanol–water partition coefficient (Wildman–Crippen LogP) is 3.70. The molecule has 2 aromatic carbocycles. The second-order valence-electron chi connectivity index (χ2n) is 7.80. The lowest BCUT2D eigenvalue weighted by Gasteiger charge is -2.26. The Bertz CT molecular complexity index is 1170. The summed E-state index contributed by atoms with van der Waals surface area (Å²) in [6.07, 6.45) is 1.62. The Morgan fingerprint density at radius 3 is 2.61 bits per heavy atom. The van der Waals surface area contributed by atoms with Crippen LogP contribution < -0.4 is 14.2 Å². The van der Waals surface area contributed by atoms with Gasteiger partial charge >= 0.3 is 0 Å². The SMILES string of the molecule is COc1cc(/C=C2\SC(=O)N(CCOc3ccccc3Cl)C2=O)ccc1OCC(=O)N1CCOCC1. The summed E-state index contributed by atoms with van der Waals surface area (Å²) in [5, 5.41) is 0.0842. The van der Waals surface area contributed by atoms with E-state index in [1.54, 1.807) is 53.4 Å². The van der Waals surface area contributed by atoms with E-state index in [0.717, 1.165) is 16.7 Å². The molecule has 0 bridgehead atoms. The van der Waals surface area contributed by atoms with Crippen LogP contribution in [0.15, 0.2) is 47.4 Å². The number of ether oxygens (including phenoxy) is 4. The van der Waals surface area contributed by atoms with E-state index < -0.39 is 5.91 Å². The van der Waals surface area contributed by atoms with Crippen molar-refractivity contribution in [2.24, 2.45) is 0 Å². The van der Waals surface area contributed by atoms with Gasteiger partial charge in [0.05, 0.1) is 36.8 Å². The van der Waals surface area contributed by atoms with Gasteiger partial charge in [-0.15, -0.1) is 0 Å². The van der Waals surface area contributed by atoms with E-state index in [1.807, 2.05) is 0 Å². The van der Waals surface area contributed by atoms with Gasteiger partial charge in [0.2, 0.25) is 0 Å². The van der Waals surface area contributed by atoms with Crippen molar-refractivity contribution in [1.82, 2.24) is 9.80 Å². The molecule has 2 fully saturated rings. The van der Waals surface area contributed by atoms with E-state index in [-0.39, 0.29) is 35.8 Å². The molecule has 2 aliphatic heterocycles. The van der Waals surface area contributed by atoms with E-state index >= 15 is 0 Å². The topological polar surface area (TPSA) is 94.6 Å². The van der Waals surface area contributed by atoms with Gasteiger partial charge < -0.3 is 23.8 Å². The minimum atomic E-state index is -0.400. The molecule has 9 nitrogen and oxygen atoms in total. The monoisotopic (exact) mass is 532 g/mol. The number of morpholine rings is 1. The van der Waals surface area contributed by atoms with E-state index in [1.165, 1.54) is 7.11 Å². The minimum absolute atomic E-state index is 0.0977. The summed E-state index contributed by atoms with van der Waals surface area (Å²) in [5.74, 6) is 0.773. The molecule has 0 aliphatic carbocycles. The largest absolute Gasteiger partial charge is 0.493 e. The molecule has 2 aliphatic rings. The number of hydrogen-bond acceptors (Lipinski definition) is 8. The molecule has 0 radical (unpaired) electrons. The van der Waals surface area contributed by atoms with Crippen LogP contribution in [0.1, 0.15) is 5.56 Å². The molecule has 0 spiro atoms. The first kappa shape index (κ1) is 25.9. The Morgan fingerprint density at radius 2 is 1.86 bits per heavy atom. The fourth-order valence-electron chi connectivity index (χ4n) is 3.59. The number of halogens is 1. The van der Waals surface area contributed by atoms with Crippen LogP contribution in [0.2, 0.25) is 5.02 Å². The Labute approximate surface area is 217 Å². The van der Waals surface area contributed by atoms with Crippen LogP contribution in [-0.4, -0.2) is 80.0 Å². The number of imide groups is 1. The molecule has 0 unspecified atom stereocenters. The number of carbonyl (C=O) groups excluding carboxylic acids is 3. The van der Waals surface area contributed by atoms with E-state index in [2.05, 4.69) is 0 Å². The Hall–Kier alpha value is -3.21. The fourth-order valence-corrected chi connectivity index (χ4v) is 4.64. The maximum Gasteiger partial charge on any atom is 0.293 e. The number of amides is 3. The van der Waals surface area contributed by atoms with Crippen LogP contribution >= 0.6 is 23.4 Å². The first-order valence-electron chi connectivity index (χ1n) is 11.3. The third-order valence-electron chi connectivity index (χ3n) is 5.48. The average Bonchev–Trinajstić information content (AvgIpc) is 3.16. The number of methoxy groups -OCH3 is 1. The molecule has 11 heteroatoms. The third-order valence-corrected chi connectivity index (χ3v) is 6.70. The zero-order chi connectivity index (χ0) is 25.5. The van der Waals surface area contributed by atoms with Gasteiger partial charge in [0.15, 0.2) is 18.1 Å². The van der Waals surface area contributed by atoms with Gasteiger partial charge in [-0.3, -0.25) is 19.3 Å². The average molecular weight is 533 g/mol. The maximum atomic E-state index is 12.8. The second kappa shape index (κ2) is 12.2. The highest BCUT2D eigenvalue weighted by atomic mass is 35.5. The number of thioether (sulfide) groups is 1. The molecule has 2 heterocycles. The normalized spacial score (nSPS) is 17.0. The van der Waals surface area contributed by atoms with Crippen LogP contribution in [0.4, 0.5) is 4.79 Å². The van der Waals surface area contributed by atoms with Crippen molar-refractivity contribution in [3.8, 4) is 17.2 Å². The number of hydrogen-bond donors (Lipinski definition) is 0. The number of carbonyl (C=O) groups is 3. The summed E-state index contributed by atoms with van der Waals surface area (Å²) < 4.78 is 21.9. The standard InChI is InChI=1S/C25H25ClN2O7S/c1-32-21-14-17(6-7-20(21)35-16-23(29)27-8-11-33-12-9-27)15-22-24(30)28(25(31)36-22)10-13-34-19-5-3-2-4-18(19)26/h2-7,14-15H,8-13,16H2,1H3/b22-15-. The van der Waals surface area contributed by atoms with Crippen molar-refractivity contribution in [2.75, 3.05) is 53.2 Å². The molecule has 2 saturated heterocycles. The quantitative estimate of drug-likeness (QED) is 0.451. The highest BCUT2D eigenvalue weighted by molar-refractivity contribution is 8.18. The number of rotatable bonds is 9. The van der Waals surface area contributed by atoms with Gasteiger partial charge in [0, 0.05) is 13.1 Å². The lowest BCUT2D eigenvalue weighted by molar-refractivity contribution is -0.137. The van der Waals surface area contributed by atoms with Crippen molar-refractivity contribution < 1.29 is 33.3 Å². The summed E-state index contributed by atoms with van der Waals surface area (Å²) in [6.45, 7) is 2.22. The highest BCUT2D eigenvalue weighted by Crippen LogP contribution is 2.34. The molecule has 0 saturated carbocycles. The zero-order valence-electron chi connectivity index (χ0n) is 19.6. The van der Waals surface area contributed by atoms with Crippen LogP contribution in [0.3, 0.4) is 0 Å². The molecule has 0 aromatic heterocycles. The zero-order valence-corrected chi connectivity index (χ0v) is 21.2. The smallest absolute Gasteiger partial charge is 0.293 e. The number of para-hydroxylation sites is 1. The summed E-state index contributed by atoms with van der Waals surface area (Å²) in [5.41, 5.74) is 0.650. The first-order valence-corrected chi connectivity index (χ1v) is 12.4. The summed E-state index contributed by atoms with van der Waals surface area (Å²) in [7, 11) is 1.49. The summed E-state index contributed by atoms with van der Waals surface area (Å²) in [4.78, 5) is 40.7. The lowest BCUT2D eigenvalue weighted by Crippen LogP contribution is -2.43. The van der Waals surface area contributed by atoms with E-state index in [4.69, 9.17) is 30.5 Å². The van der Waals surface area contributed by atoms with Gasteiger partial charge in [-0.25, -0.2) is 0 Å². The molecule has 3 amide bonds. The van der Waals surface area contributed by atoms with Crippen LogP contribution in [0, 0.1) is 0 Å².